The molecule has 106 valence electrons. The third kappa shape index (κ3) is 2.88. The van der Waals surface area contributed by atoms with E-state index in [1.165, 1.54) is 0 Å². The Kier molecular flexibility index (Phi) is 4.10. The summed E-state index contributed by atoms with van der Waals surface area (Å²) >= 11 is 6.19. The zero-order valence-electron chi connectivity index (χ0n) is 11.3. The molecule has 0 aliphatic rings. The first-order valence-electron chi connectivity index (χ1n) is 6.68. The van der Waals surface area contributed by atoms with Crippen molar-refractivity contribution in [3.05, 3.63) is 71.1 Å². The Balaban J connectivity index is 2.01. The van der Waals surface area contributed by atoms with Gasteiger partial charge in [-0.15, -0.1) is 0 Å². The number of hydrazine groups is 1. The quantitative estimate of drug-likeness (QED) is 0.574. The van der Waals surface area contributed by atoms with Crippen LogP contribution in [-0.2, 0) is 6.42 Å². The highest BCUT2D eigenvalue weighted by Gasteiger charge is 2.15. The molecule has 0 radical (unpaired) electrons. The summed E-state index contributed by atoms with van der Waals surface area (Å²) < 4.78 is 0. The molecule has 3 N–H and O–H groups in total. The average Bonchev–Trinajstić information content (AvgIpc) is 2.54. The third-order valence-corrected chi connectivity index (χ3v) is 3.88. The maximum atomic E-state index is 6.19. The molecule has 0 bridgehead atoms. The number of aromatic nitrogens is 2. The van der Waals surface area contributed by atoms with Crippen molar-refractivity contribution < 1.29 is 0 Å². The van der Waals surface area contributed by atoms with Crippen LogP contribution in [0.2, 0.25) is 5.02 Å². The molecule has 0 saturated carbocycles. The summed E-state index contributed by atoms with van der Waals surface area (Å²) in [6, 6.07) is 11.9. The minimum absolute atomic E-state index is 0.0437. The van der Waals surface area contributed by atoms with E-state index in [1.54, 1.807) is 18.6 Å². The topological polar surface area (TPSA) is 63.8 Å². The van der Waals surface area contributed by atoms with Gasteiger partial charge in [-0.3, -0.25) is 21.2 Å². The van der Waals surface area contributed by atoms with Crippen molar-refractivity contribution in [3.8, 4) is 0 Å². The van der Waals surface area contributed by atoms with Gasteiger partial charge in [0.25, 0.3) is 0 Å². The Labute approximate surface area is 128 Å². The maximum absolute atomic E-state index is 6.19. The van der Waals surface area contributed by atoms with Crippen molar-refractivity contribution in [2.75, 3.05) is 0 Å². The zero-order valence-corrected chi connectivity index (χ0v) is 12.1. The molecule has 4 nitrogen and oxygen atoms in total. The predicted molar refractivity (Wildman–Crippen MR) is 84.8 cm³/mol. The van der Waals surface area contributed by atoms with Crippen LogP contribution < -0.4 is 11.3 Å². The summed E-state index contributed by atoms with van der Waals surface area (Å²) in [6.07, 6.45) is 5.86. The molecular weight excluding hydrogens is 284 g/mol. The van der Waals surface area contributed by atoms with Gasteiger partial charge in [-0.25, -0.2) is 0 Å². The van der Waals surface area contributed by atoms with Crippen LogP contribution in [0.15, 0.2) is 55.0 Å². The number of fused-ring (bicyclic) bond motifs is 1. The molecule has 0 saturated heterocycles. The maximum Gasteiger partial charge on any atom is 0.0705 e. The molecule has 1 aromatic carbocycles. The van der Waals surface area contributed by atoms with Crippen LogP contribution >= 0.6 is 11.6 Å². The van der Waals surface area contributed by atoms with Gasteiger partial charge < -0.3 is 0 Å². The van der Waals surface area contributed by atoms with Gasteiger partial charge in [0.05, 0.1) is 16.6 Å². The van der Waals surface area contributed by atoms with Crippen molar-refractivity contribution in [2.45, 2.75) is 12.5 Å². The summed E-state index contributed by atoms with van der Waals surface area (Å²) in [6.45, 7) is 0. The first-order chi connectivity index (χ1) is 10.3. The van der Waals surface area contributed by atoms with Crippen LogP contribution in [0.25, 0.3) is 10.9 Å². The molecule has 3 rings (SSSR count). The summed E-state index contributed by atoms with van der Waals surface area (Å²) in [5, 5.41) is 1.74. The number of nitrogens with one attached hydrogen (secondary N) is 1. The second kappa shape index (κ2) is 6.18. The highest BCUT2D eigenvalue weighted by atomic mass is 35.5. The Bertz CT molecular complexity index is 755. The molecule has 21 heavy (non-hydrogen) atoms. The third-order valence-electron chi connectivity index (χ3n) is 3.54. The van der Waals surface area contributed by atoms with Crippen molar-refractivity contribution in [2.24, 2.45) is 5.84 Å². The Hall–Kier alpha value is -2.01. The van der Waals surface area contributed by atoms with Crippen LogP contribution in [0.4, 0.5) is 0 Å². The molecule has 0 aliphatic heterocycles. The van der Waals surface area contributed by atoms with Gasteiger partial charge in [0.15, 0.2) is 0 Å². The lowest BCUT2D eigenvalue weighted by molar-refractivity contribution is 0.555. The molecular formula is C16H15ClN4. The fourth-order valence-electron chi connectivity index (χ4n) is 2.48. The van der Waals surface area contributed by atoms with Crippen molar-refractivity contribution >= 4 is 22.5 Å². The lowest BCUT2D eigenvalue weighted by Crippen LogP contribution is -2.29. The lowest BCUT2D eigenvalue weighted by Gasteiger charge is -2.18. The first-order valence-corrected chi connectivity index (χ1v) is 7.05. The molecule has 0 spiro atoms. The number of rotatable bonds is 4. The van der Waals surface area contributed by atoms with E-state index in [9.17, 15) is 0 Å². The number of hydrogen-bond acceptors (Lipinski definition) is 4. The van der Waals surface area contributed by atoms with Gasteiger partial charge in [0.1, 0.15) is 0 Å². The van der Waals surface area contributed by atoms with E-state index < -0.39 is 0 Å². The second-order valence-electron chi connectivity index (χ2n) is 4.81. The second-order valence-corrected chi connectivity index (χ2v) is 5.21. The van der Waals surface area contributed by atoms with Gasteiger partial charge >= 0.3 is 0 Å². The SMILES string of the molecule is NNC(Cc1ccncc1Cl)c1cccc2ncccc12. The minimum Gasteiger partial charge on any atom is -0.271 e. The van der Waals surface area contributed by atoms with Crippen LogP contribution in [0.5, 0.6) is 0 Å². The molecule has 0 amide bonds. The summed E-state index contributed by atoms with van der Waals surface area (Å²) in [5.74, 6) is 5.76. The van der Waals surface area contributed by atoms with E-state index in [1.807, 2.05) is 24.3 Å². The van der Waals surface area contributed by atoms with Crippen LogP contribution in [0.3, 0.4) is 0 Å². The Morgan fingerprint density at radius 2 is 2.05 bits per heavy atom. The fraction of sp³-hybridized carbons (Fsp3) is 0.125. The number of nitrogens with two attached hydrogens (primary N) is 1. The Morgan fingerprint density at radius 1 is 1.14 bits per heavy atom. The van der Waals surface area contributed by atoms with Crippen LogP contribution in [-0.4, -0.2) is 9.97 Å². The lowest BCUT2D eigenvalue weighted by atomic mass is 9.96. The number of benzene rings is 1. The molecule has 2 heterocycles. The number of nitrogens with zero attached hydrogens (tertiary/aromatic N) is 2. The Morgan fingerprint density at radius 3 is 2.86 bits per heavy atom. The molecule has 5 heteroatoms. The van der Waals surface area contributed by atoms with E-state index in [2.05, 4.69) is 27.5 Å². The molecule has 0 aliphatic carbocycles. The average molecular weight is 299 g/mol. The number of pyridine rings is 2. The van der Waals surface area contributed by atoms with E-state index in [0.717, 1.165) is 22.0 Å². The predicted octanol–water partition coefficient (Wildman–Crippen LogP) is 3.03. The van der Waals surface area contributed by atoms with Crippen molar-refractivity contribution in [3.63, 3.8) is 0 Å². The number of hydrogen-bond donors (Lipinski definition) is 2. The first kappa shape index (κ1) is 13.9. The normalized spacial score (nSPS) is 12.5. The summed E-state index contributed by atoms with van der Waals surface area (Å²) in [4.78, 5) is 8.39. The van der Waals surface area contributed by atoms with E-state index in [4.69, 9.17) is 17.4 Å². The molecule has 2 aromatic heterocycles. The van der Waals surface area contributed by atoms with E-state index in [0.29, 0.717) is 11.4 Å². The largest absolute Gasteiger partial charge is 0.271 e. The fourth-order valence-corrected chi connectivity index (χ4v) is 2.68. The van der Waals surface area contributed by atoms with Gasteiger partial charge in [-0.05, 0) is 35.7 Å². The van der Waals surface area contributed by atoms with Gasteiger partial charge in [0, 0.05) is 24.0 Å². The molecule has 3 aromatic rings. The summed E-state index contributed by atoms with van der Waals surface area (Å²) in [7, 11) is 0. The monoisotopic (exact) mass is 298 g/mol. The molecule has 1 unspecified atom stereocenters. The van der Waals surface area contributed by atoms with E-state index >= 15 is 0 Å². The zero-order chi connectivity index (χ0) is 14.7. The highest BCUT2D eigenvalue weighted by Crippen LogP contribution is 2.27. The van der Waals surface area contributed by atoms with Crippen molar-refractivity contribution in [1.82, 2.24) is 15.4 Å². The van der Waals surface area contributed by atoms with Crippen LogP contribution in [0, 0.1) is 0 Å². The van der Waals surface area contributed by atoms with Gasteiger partial charge in [0.2, 0.25) is 0 Å². The van der Waals surface area contributed by atoms with E-state index in [-0.39, 0.29) is 6.04 Å². The smallest absolute Gasteiger partial charge is 0.0705 e. The van der Waals surface area contributed by atoms with Gasteiger partial charge in [-0.2, -0.15) is 0 Å². The van der Waals surface area contributed by atoms with Gasteiger partial charge in [-0.1, -0.05) is 29.8 Å². The number of halogens is 1. The molecule has 0 fully saturated rings. The standard InChI is InChI=1S/C16H15ClN4/c17-14-10-19-8-6-11(14)9-16(21-18)13-3-1-5-15-12(13)4-2-7-20-15/h1-8,10,16,21H,9,18H2. The van der Waals surface area contributed by atoms with Crippen molar-refractivity contribution in [1.29, 1.82) is 0 Å². The minimum atomic E-state index is -0.0437. The van der Waals surface area contributed by atoms with Crippen LogP contribution in [0.1, 0.15) is 17.2 Å². The summed E-state index contributed by atoms with van der Waals surface area (Å²) in [5.41, 5.74) is 5.95. The molecule has 1 atom stereocenters. The highest BCUT2D eigenvalue weighted by molar-refractivity contribution is 6.31.